The van der Waals surface area contributed by atoms with Gasteiger partial charge in [0, 0.05) is 36.6 Å². The molecule has 9 nitrogen and oxygen atoms in total. The van der Waals surface area contributed by atoms with Crippen LogP contribution in [0.2, 0.25) is 5.02 Å². The maximum absolute atomic E-state index is 14.4. The maximum atomic E-state index is 14.4. The molecule has 1 fully saturated rings. The number of benzene rings is 3. The highest BCUT2D eigenvalue weighted by Gasteiger charge is 2.26. The molecule has 0 aliphatic carbocycles. The van der Waals surface area contributed by atoms with Gasteiger partial charge in [-0.25, -0.2) is 4.39 Å². The van der Waals surface area contributed by atoms with E-state index in [-0.39, 0.29) is 17.8 Å². The number of halogens is 2. The van der Waals surface area contributed by atoms with Crippen molar-refractivity contribution in [3.8, 4) is 0 Å². The van der Waals surface area contributed by atoms with Gasteiger partial charge in [-0.05, 0) is 55.3 Å². The fraction of sp³-hybridized carbons (Fsp3) is 0.259. The van der Waals surface area contributed by atoms with Gasteiger partial charge in [0.15, 0.2) is 0 Å². The molecule has 1 saturated heterocycles. The number of anilines is 2. The Morgan fingerprint density at radius 2 is 1.95 bits per heavy atom. The number of aromatic nitrogens is 5. The van der Waals surface area contributed by atoms with E-state index in [0.29, 0.717) is 35.8 Å². The quantitative estimate of drug-likeness (QED) is 0.301. The Kier molecular flexibility index (Phi) is 6.11. The molecular formula is C27H26ClFN8O. The fourth-order valence-electron chi connectivity index (χ4n) is 5.46. The summed E-state index contributed by atoms with van der Waals surface area (Å²) < 4.78 is 18.3. The van der Waals surface area contributed by atoms with Crippen LogP contribution in [0.15, 0.2) is 54.6 Å². The van der Waals surface area contributed by atoms with E-state index < -0.39 is 0 Å². The molecule has 0 spiro atoms. The summed E-state index contributed by atoms with van der Waals surface area (Å²) in [5.74, 6) is -0.479. The lowest BCUT2D eigenvalue weighted by Gasteiger charge is -2.35. The topological polar surface area (TPSA) is 108 Å². The summed E-state index contributed by atoms with van der Waals surface area (Å²) >= 11 is 6.28. The van der Waals surface area contributed by atoms with Crippen LogP contribution in [-0.2, 0) is 11.3 Å². The first kappa shape index (κ1) is 24.2. The maximum Gasteiger partial charge on any atom is 0.221 e. The van der Waals surface area contributed by atoms with E-state index in [9.17, 15) is 9.18 Å². The second kappa shape index (κ2) is 9.60. The van der Waals surface area contributed by atoms with Crippen LogP contribution in [0.4, 0.5) is 15.8 Å². The first-order chi connectivity index (χ1) is 18.4. The van der Waals surface area contributed by atoms with Crippen molar-refractivity contribution in [3.05, 3.63) is 76.6 Å². The number of amides is 1. The number of nitrogens with zero attached hydrogens (tertiary/aromatic N) is 5. The molecule has 3 aromatic carbocycles. The Balaban J connectivity index is 1.34. The Labute approximate surface area is 222 Å². The van der Waals surface area contributed by atoms with Gasteiger partial charge in [0.2, 0.25) is 11.5 Å². The van der Waals surface area contributed by atoms with Crippen molar-refractivity contribution < 1.29 is 9.18 Å². The summed E-state index contributed by atoms with van der Waals surface area (Å²) in [6.45, 7) is 3.29. The van der Waals surface area contributed by atoms with Crippen LogP contribution in [0.3, 0.4) is 0 Å². The molecule has 0 radical (unpaired) electrons. The number of fused-ring (bicyclic) bond motifs is 2. The molecule has 1 aliphatic rings. The summed E-state index contributed by atoms with van der Waals surface area (Å²) in [5.41, 5.74) is 5.84. The zero-order valence-corrected chi connectivity index (χ0v) is 21.5. The van der Waals surface area contributed by atoms with Crippen LogP contribution in [-0.4, -0.2) is 43.5 Å². The molecule has 0 unspecified atom stereocenters. The molecule has 2 aromatic heterocycles. The van der Waals surface area contributed by atoms with Gasteiger partial charge in [0.25, 0.3) is 0 Å². The van der Waals surface area contributed by atoms with Gasteiger partial charge in [-0.3, -0.25) is 10.2 Å². The lowest BCUT2D eigenvalue weighted by atomic mass is 10.0. The number of hydrogen-bond acceptors (Lipinski definition) is 5. The molecule has 0 bridgehead atoms. The highest BCUT2D eigenvalue weighted by Crippen LogP contribution is 2.34. The molecule has 6 rings (SSSR count). The molecule has 3 N–H and O–H groups in total. The first-order valence-corrected chi connectivity index (χ1v) is 12.8. The number of H-pyrrole nitrogens is 1. The normalized spacial score (nSPS) is 14.4. The van der Waals surface area contributed by atoms with Gasteiger partial charge in [-0.15, -0.1) is 0 Å². The number of nitrogens with one attached hydrogen (secondary N) is 3. The SMILES string of the molecule is CC(=O)Nc1ccc(Cl)cc1N1CCC(n2c(=N)n(Cc3cccc4n[nH]nc34)c3ccc(F)cc32)CC1. The number of piperidine rings is 1. The van der Waals surface area contributed by atoms with E-state index in [1.165, 1.54) is 19.1 Å². The highest BCUT2D eigenvalue weighted by molar-refractivity contribution is 6.31. The highest BCUT2D eigenvalue weighted by atomic mass is 35.5. The summed E-state index contributed by atoms with van der Waals surface area (Å²) in [5, 5.41) is 23.7. The van der Waals surface area contributed by atoms with Gasteiger partial charge < -0.3 is 19.4 Å². The molecule has 3 heterocycles. The van der Waals surface area contributed by atoms with E-state index in [0.717, 1.165) is 46.3 Å². The van der Waals surface area contributed by atoms with E-state index >= 15 is 0 Å². The smallest absolute Gasteiger partial charge is 0.221 e. The molecule has 1 amide bonds. The largest absolute Gasteiger partial charge is 0.370 e. The Hall–Kier alpha value is -4.18. The summed E-state index contributed by atoms with van der Waals surface area (Å²) in [4.78, 5) is 13.9. The van der Waals surface area contributed by atoms with Crippen molar-refractivity contribution in [1.82, 2.24) is 24.5 Å². The van der Waals surface area contributed by atoms with E-state index in [2.05, 4.69) is 25.6 Å². The van der Waals surface area contributed by atoms with Crippen LogP contribution >= 0.6 is 11.6 Å². The van der Waals surface area contributed by atoms with E-state index in [1.807, 2.05) is 39.5 Å². The van der Waals surface area contributed by atoms with Crippen molar-refractivity contribution in [1.29, 1.82) is 5.41 Å². The van der Waals surface area contributed by atoms with Gasteiger partial charge in [-0.1, -0.05) is 23.7 Å². The van der Waals surface area contributed by atoms with Gasteiger partial charge in [0.05, 0.1) is 29.0 Å². The number of carbonyl (C=O) groups is 1. The lowest BCUT2D eigenvalue weighted by Crippen LogP contribution is -2.38. The fourth-order valence-corrected chi connectivity index (χ4v) is 5.62. The molecule has 194 valence electrons. The number of para-hydroxylation sites is 1. The minimum Gasteiger partial charge on any atom is -0.370 e. The summed E-state index contributed by atoms with van der Waals surface area (Å²) in [6, 6.07) is 15.9. The van der Waals surface area contributed by atoms with Crippen molar-refractivity contribution >= 4 is 50.9 Å². The van der Waals surface area contributed by atoms with Gasteiger partial charge in [-0.2, -0.15) is 15.4 Å². The number of imidazole rings is 1. The molecular weight excluding hydrogens is 507 g/mol. The predicted octanol–water partition coefficient (Wildman–Crippen LogP) is 4.83. The Morgan fingerprint density at radius 3 is 2.74 bits per heavy atom. The summed E-state index contributed by atoms with van der Waals surface area (Å²) in [6.07, 6.45) is 1.49. The number of rotatable bonds is 5. The number of aromatic amines is 1. The number of hydrogen-bond donors (Lipinski definition) is 3. The minimum absolute atomic E-state index is 0.00976. The minimum atomic E-state index is -0.335. The number of carbonyl (C=O) groups excluding carboxylic acids is 1. The van der Waals surface area contributed by atoms with Crippen molar-refractivity contribution in [3.63, 3.8) is 0 Å². The molecule has 5 aromatic rings. The predicted molar refractivity (Wildman–Crippen MR) is 145 cm³/mol. The average molecular weight is 533 g/mol. The second-order valence-electron chi connectivity index (χ2n) is 9.58. The van der Waals surface area contributed by atoms with Crippen LogP contribution in [0.25, 0.3) is 22.1 Å². The summed E-state index contributed by atoms with van der Waals surface area (Å²) in [7, 11) is 0. The Bertz CT molecular complexity index is 1730. The van der Waals surface area contributed by atoms with Crippen molar-refractivity contribution in [2.45, 2.75) is 32.4 Å². The molecule has 0 atom stereocenters. The zero-order chi connectivity index (χ0) is 26.4. The average Bonchev–Trinajstić information content (AvgIpc) is 3.48. The third-order valence-corrected chi connectivity index (χ3v) is 7.41. The van der Waals surface area contributed by atoms with Crippen LogP contribution in [0.1, 0.15) is 31.4 Å². The van der Waals surface area contributed by atoms with Crippen LogP contribution in [0, 0.1) is 11.2 Å². The van der Waals surface area contributed by atoms with Crippen LogP contribution < -0.4 is 15.8 Å². The lowest BCUT2D eigenvalue weighted by molar-refractivity contribution is -0.114. The first-order valence-electron chi connectivity index (χ1n) is 12.4. The molecule has 11 heteroatoms. The second-order valence-corrected chi connectivity index (χ2v) is 10.0. The van der Waals surface area contributed by atoms with Crippen LogP contribution in [0.5, 0.6) is 0 Å². The Morgan fingerprint density at radius 1 is 1.13 bits per heavy atom. The standard InChI is InChI=1S/C27H26ClFN8O/c1-16(38)31-21-7-5-18(28)13-24(21)35-11-9-20(10-12-35)37-25-14-19(29)6-8-23(25)36(27(37)30)15-17-3-2-4-22-26(17)33-34-32-22/h2-8,13-14,20,30H,9-12,15H2,1H3,(H,31,38)(H,32,33,34). The van der Waals surface area contributed by atoms with E-state index in [1.54, 1.807) is 12.1 Å². The van der Waals surface area contributed by atoms with Gasteiger partial charge in [0.1, 0.15) is 16.9 Å². The van der Waals surface area contributed by atoms with Crippen molar-refractivity contribution in [2.24, 2.45) is 0 Å². The third kappa shape index (κ3) is 4.30. The van der Waals surface area contributed by atoms with Gasteiger partial charge >= 0.3 is 0 Å². The molecule has 1 aliphatic heterocycles. The zero-order valence-electron chi connectivity index (χ0n) is 20.7. The third-order valence-electron chi connectivity index (χ3n) is 7.17. The van der Waals surface area contributed by atoms with E-state index in [4.69, 9.17) is 17.0 Å². The molecule has 38 heavy (non-hydrogen) atoms. The monoisotopic (exact) mass is 532 g/mol. The van der Waals surface area contributed by atoms with Crippen molar-refractivity contribution in [2.75, 3.05) is 23.3 Å². The molecule has 0 saturated carbocycles.